The van der Waals surface area contributed by atoms with Crippen LogP contribution in [0.4, 0.5) is 0 Å². The number of carbonyl (C=O) groups excluding carboxylic acids is 1. The molecule has 1 atom stereocenters. The van der Waals surface area contributed by atoms with Gasteiger partial charge >= 0.3 is 0 Å². The molecule has 1 aliphatic rings. The molecule has 0 saturated carbocycles. The predicted octanol–water partition coefficient (Wildman–Crippen LogP) is 5.09. The zero-order valence-electron chi connectivity index (χ0n) is 12.2. The highest BCUT2D eigenvalue weighted by molar-refractivity contribution is 7.99. The van der Waals surface area contributed by atoms with Gasteiger partial charge in [-0.15, -0.1) is 11.8 Å². The van der Waals surface area contributed by atoms with Crippen molar-refractivity contribution < 1.29 is 9.21 Å². The summed E-state index contributed by atoms with van der Waals surface area (Å²) in [5.41, 5.74) is 1.62. The van der Waals surface area contributed by atoms with Crippen LogP contribution >= 0.6 is 35.0 Å². The maximum absolute atomic E-state index is 12.8. The van der Waals surface area contributed by atoms with Crippen LogP contribution in [0.3, 0.4) is 0 Å². The molecule has 3 rings (SSSR count). The first-order valence-corrected chi connectivity index (χ1v) is 8.72. The molecular formula is C16H15Cl2NO2S. The third kappa shape index (κ3) is 2.87. The maximum atomic E-state index is 12.8. The molecule has 116 valence electrons. The molecule has 0 N–H and O–H groups in total. The molecule has 1 aromatic carbocycles. The van der Waals surface area contributed by atoms with Gasteiger partial charge in [0.05, 0.1) is 15.6 Å². The smallest absolute Gasteiger partial charge is 0.258 e. The number of hydrogen-bond donors (Lipinski definition) is 0. The van der Waals surface area contributed by atoms with E-state index >= 15 is 0 Å². The summed E-state index contributed by atoms with van der Waals surface area (Å²) in [6.45, 7) is 4.37. The Labute approximate surface area is 143 Å². The van der Waals surface area contributed by atoms with E-state index in [1.807, 2.05) is 30.9 Å². The van der Waals surface area contributed by atoms with Crippen LogP contribution in [-0.4, -0.2) is 23.1 Å². The number of nitrogens with zero attached hydrogens (tertiary/aromatic N) is 1. The van der Waals surface area contributed by atoms with Crippen molar-refractivity contribution in [3.05, 3.63) is 57.0 Å². The average molecular weight is 356 g/mol. The topological polar surface area (TPSA) is 33.5 Å². The van der Waals surface area contributed by atoms with Gasteiger partial charge in [0, 0.05) is 12.3 Å². The van der Waals surface area contributed by atoms with Gasteiger partial charge in [0.25, 0.3) is 5.91 Å². The lowest BCUT2D eigenvalue weighted by molar-refractivity contribution is 0.0758. The van der Waals surface area contributed by atoms with Crippen LogP contribution in [0.2, 0.25) is 10.0 Å². The van der Waals surface area contributed by atoms with Gasteiger partial charge in [-0.1, -0.05) is 29.3 Å². The van der Waals surface area contributed by atoms with E-state index in [1.165, 1.54) is 0 Å². The van der Waals surface area contributed by atoms with E-state index in [1.54, 1.807) is 23.9 Å². The molecular weight excluding hydrogens is 341 g/mol. The van der Waals surface area contributed by atoms with Gasteiger partial charge in [-0.3, -0.25) is 4.79 Å². The first-order valence-electron chi connectivity index (χ1n) is 6.92. The Kier molecular flexibility index (Phi) is 4.44. The van der Waals surface area contributed by atoms with Crippen LogP contribution in [-0.2, 0) is 0 Å². The summed E-state index contributed by atoms with van der Waals surface area (Å²) in [5, 5.41) is 0.985. The minimum Gasteiger partial charge on any atom is -0.466 e. The number of thioether (sulfide) groups is 1. The lowest BCUT2D eigenvalue weighted by Crippen LogP contribution is -2.30. The Morgan fingerprint density at radius 3 is 2.68 bits per heavy atom. The van der Waals surface area contributed by atoms with E-state index in [9.17, 15) is 4.79 Å². The Bertz CT molecular complexity index is 729. The third-order valence-corrected chi connectivity index (χ3v) is 5.65. The fourth-order valence-corrected chi connectivity index (χ4v) is 4.17. The lowest BCUT2D eigenvalue weighted by Gasteiger charge is -2.24. The average Bonchev–Trinajstić information content (AvgIpc) is 3.07. The molecule has 1 unspecified atom stereocenters. The summed E-state index contributed by atoms with van der Waals surface area (Å²) < 4.78 is 5.48. The first kappa shape index (κ1) is 15.8. The Hall–Kier alpha value is -1.10. The van der Waals surface area contributed by atoms with Crippen molar-refractivity contribution in [2.75, 3.05) is 12.3 Å². The van der Waals surface area contributed by atoms with Gasteiger partial charge in [0.1, 0.15) is 16.9 Å². The number of carbonyl (C=O) groups is 1. The zero-order chi connectivity index (χ0) is 15.9. The molecule has 0 radical (unpaired) electrons. The van der Waals surface area contributed by atoms with Crippen LogP contribution in [0.25, 0.3) is 0 Å². The van der Waals surface area contributed by atoms with Crippen molar-refractivity contribution in [2.45, 2.75) is 19.2 Å². The maximum Gasteiger partial charge on any atom is 0.258 e. The molecule has 22 heavy (non-hydrogen) atoms. The third-order valence-electron chi connectivity index (χ3n) is 3.65. The number of aryl methyl sites for hydroxylation is 2. The highest BCUT2D eigenvalue weighted by atomic mass is 35.5. The standard InChI is InChI=1S/C16H15Cl2NO2S/c1-9-7-12(10(2)21-9)15(20)19-5-6-22-16(19)11-3-4-13(17)14(18)8-11/h3-4,7-8,16H,5-6H2,1-2H3. The number of hydrogen-bond acceptors (Lipinski definition) is 3. The van der Waals surface area contributed by atoms with Crippen molar-refractivity contribution in [1.29, 1.82) is 0 Å². The first-order chi connectivity index (χ1) is 10.5. The van der Waals surface area contributed by atoms with E-state index in [0.717, 1.165) is 17.1 Å². The summed E-state index contributed by atoms with van der Waals surface area (Å²) in [5.74, 6) is 2.30. The quantitative estimate of drug-likeness (QED) is 0.751. The molecule has 1 fully saturated rings. The van der Waals surface area contributed by atoms with Crippen LogP contribution in [0, 0.1) is 13.8 Å². The predicted molar refractivity (Wildman–Crippen MR) is 90.9 cm³/mol. The van der Waals surface area contributed by atoms with Crippen molar-refractivity contribution in [2.24, 2.45) is 0 Å². The minimum absolute atomic E-state index is 0.00424. The summed E-state index contributed by atoms with van der Waals surface area (Å²) in [6, 6.07) is 7.33. The molecule has 2 heterocycles. The second-order valence-corrected chi connectivity index (χ2v) is 7.22. The van der Waals surface area contributed by atoms with Crippen LogP contribution in [0.15, 0.2) is 28.7 Å². The number of rotatable bonds is 2. The van der Waals surface area contributed by atoms with Gasteiger partial charge in [0.2, 0.25) is 0 Å². The monoisotopic (exact) mass is 355 g/mol. The molecule has 0 aliphatic carbocycles. The van der Waals surface area contributed by atoms with Crippen LogP contribution in [0.5, 0.6) is 0 Å². The fraction of sp³-hybridized carbons (Fsp3) is 0.312. The molecule has 2 aromatic rings. The van der Waals surface area contributed by atoms with Crippen molar-refractivity contribution in [3.8, 4) is 0 Å². The summed E-state index contributed by atoms with van der Waals surface area (Å²) in [6.07, 6.45) is 0. The second-order valence-electron chi connectivity index (χ2n) is 5.22. The van der Waals surface area contributed by atoms with Crippen molar-refractivity contribution in [3.63, 3.8) is 0 Å². The van der Waals surface area contributed by atoms with Gasteiger partial charge in [-0.25, -0.2) is 0 Å². The summed E-state index contributed by atoms with van der Waals surface area (Å²) in [4.78, 5) is 14.7. The van der Waals surface area contributed by atoms with Crippen LogP contribution < -0.4 is 0 Å². The van der Waals surface area contributed by atoms with E-state index in [2.05, 4.69) is 0 Å². The van der Waals surface area contributed by atoms with E-state index < -0.39 is 0 Å². The molecule has 3 nitrogen and oxygen atoms in total. The van der Waals surface area contributed by atoms with Gasteiger partial charge in [0.15, 0.2) is 0 Å². The van der Waals surface area contributed by atoms with Crippen LogP contribution in [0.1, 0.15) is 32.8 Å². The highest BCUT2D eigenvalue weighted by Gasteiger charge is 2.33. The Morgan fingerprint density at radius 2 is 2.05 bits per heavy atom. The van der Waals surface area contributed by atoms with Crippen molar-refractivity contribution >= 4 is 40.9 Å². The summed E-state index contributed by atoms with van der Waals surface area (Å²) >= 11 is 13.8. The fourth-order valence-electron chi connectivity index (χ4n) is 2.62. The molecule has 6 heteroatoms. The second kappa shape index (κ2) is 6.19. The van der Waals surface area contributed by atoms with E-state index in [4.69, 9.17) is 27.6 Å². The lowest BCUT2D eigenvalue weighted by atomic mass is 10.1. The molecule has 1 aliphatic heterocycles. The zero-order valence-corrected chi connectivity index (χ0v) is 14.6. The number of amides is 1. The highest BCUT2D eigenvalue weighted by Crippen LogP contribution is 2.40. The molecule has 1 amide bonds. The van der Waals surface area contributed by atoms with Gasteiger partial charge < -0.3 is 9.32 Å². The molecule has 0 spiro atoms. The number of halogens is 2. The number of benzene rings is 1. The normalized spacial score (nSPS) is 18.0. The Morgan fingerprint density at radius 1 is 1.27 bits per heavy atom. The molecule has 1 saturated heterocycles. The summed E-state index contributed by atoms with van der Waals surface area (Å²) in [7, 11) is 0. The SMILES string of the molecule is Cc1cc(C(=O)N2CCSC2c2ccc(Cl)c(Cl)c2)c(C)o1. The Balaban J connectivity index is 1.91. The molecule has 0 bridgehead atoms. The number of furan rings is 1. The van der Waals surface area contributed by atoms with Gasteiger partial charge in [-0.05, 0) is 37.6 Å². The largest absolute Gasteiger partial charge is 0.466 e. The van der Waals surface area contributed by atoms with E-state index in [0.29, 0.717) is 27.9 Å². The van der Waals surface area contributed by atoms with Crippen molar-refractivity contribution in [1.82, 2.24) is 4.90 Å². The minimum atomic E-state index is -0.0446. The van der Waals surface area contributed by atoms with E-state index in [-0.39, 0.29) is 11.3 Å². The molecule has 1 aromatic heterocycles. The van der Waals surface area contributed by atoms with Gasteiger partial charge in [-0.2, -0.15) is 0 Å².